The third-order valence-corrected chi connectivity index (χ3v) is 2.72. The zero-order valence-electron chi connectivity index (χ0n) is 9.88. The van der Waals surface area contributed by atoms with Crippen LogP contribution in [0.25, 0.3) is 0 Å². The van der Waals surface area contributed by atoms with E-state index >= 15 is 0 Å². The Hall–Kier alpha value is -1.02. The Morgan fingerprint density at radius 2 is 2.06 bits per heavy atom. The van der Waals surface area contributed by atoms with Crippen molar-refractivity contribution in [1.29, 1.82) is 0 Å². The Morgan fingerprint density at radius 1 is 1.44 bits per heavy atom. The van der Waals surface area contributed by atoms with E-state index in [4.69, 9.17) is 11.6 Å². The van der Waals surface area contributed by atoms with E-state index in [0.29, 0.717) is 17.0 Å². The largest absolute Gasteiger partial charge is 0.507 e. The van der Waals surface area contributed by atoms with Crippen LogP contribution in [-0.2, 0) is 0 Å². The number of hydrogen-bond donors (Lipinski definition) is 1. The van der Waals surface area contributed by atoms with Crippen molar-refractivity contribution in [3.63, 3.8) is 0 Å². The summed E-state index contributed by atoms with van der Waals surface area (Å²) < 4.78 is 0. The van der Waals surface area contributed by atoms with E-state index in [1.165, 1.54) is 0 Å². The molecule has 0 heterocycles. The summed E-state index contributed by atoms with van der Waals surface area (Å²) in [6.07, 6.45) is 1.20. The lowest BCUT2D eigenvalue weighted by Crippen LogP contribution is -2.01. The lowest BCUT2D eigenvalue weighted by atomic mass is 9.96. The van der Waals surface area contributed by atoms with Crippen LogP contribution in [0, 0.1) is 0 Å². The monoisotopic (exact) mass is 240 g/mol. The molecule has 0 aliphatic rings. The van der Waals surface area contributed by atoms with Crippen LogP contribution >= 0.6 is 11.6 Å². The minimum Gasteiger partial charge on any atom is -0.507 e. The molecule has 0 bridgehead atoms. The van der Waals surface area contributed by atoms with Gasteiger partial charge < -0.3 is 5.11 Å². The molecule has 0 aliphatic heterocycles. The minimum absolute atomic E-state index is 0.0515. The Labute approximate surface area is 101 Å². The van der Waals surface area contributed by atoms with Crippen LogP contribution < -0.4 is 0 Å². The summed E-state index contributed by atoms with van der Waals surface area (Å²) in [6.45, 7) is 5.85. The van der Waals surface area contributed by atoms with Crippen LogP contribution in [0.5, 0.6) is 5.75 Å². The third-order valence-electron chi connectivity index (χ3n) is 2.50. The predicted molar refractivity (Wildman–Crippen MR) is 66.4 cm³/mol. The summed E-state index contributed by atoms with van der Waals surface area (Å²) in [7, 11) is 0. The number of hydrogen-bond acceptors (Lipinski definition) is 2. The van der Waals surface area contributed by atoms with Crippen LogP contribution in [0.3, 0.4) is 0 Å². The molecule has 2 nitrogen and oxygen atoms in total. The number of halogens is 1. The molecule has 0 saturated heterocycles. The molecule has 1 rings (SSSR count). The van der Waals surface area contributed by atoms with Crippen LogP contribution in [-0.4, -0.2) is 10.9 Å². The van der Waals surface area contributed by atoms with Gasteiger partial charge >= 0.3 is 0 Å². The molecule has 0 atom stereocenters. The molecular weight excluding hydrogens is 224 g/mol. The lowest BCUT2D eigenvalue weighted by Gasteiger charge is -2.12. The van der Waals surface area contributed by atoms with Gasteiger partial charge in [-0.3, -0.25) is 4.79 Å². The molecule has 1 N–H and O–H groups in total. The second kappa shape index (κ2) is 5.35. The summed E-state index contributed by atoms with van der Waals surface area (Å²) in [5, 5.41) is 10.5. The van der Waals surface area contributed by atoms with Gasteiger partial charge in [0.25, 0.3) is 0 Å². The average molecular weight is 241 g/mol. The topological polar surface area (TPSA) is 37.3 Å². The number of ketones is 1. The van der Waals surface area contributed by atoms with Gasteiger partial charge in [-0.1, -0.05) is 32.4 Å². The zero-order valence-corrected chi connectivity index (χ0v) is 10.6. The second-order valence-electron chi connectivity index (χ2n) is 4.22. The molecule has 16 heavy (non-hydrogen) atoms. The predicted octanol–water partition coefficient (Wildman–Crippen LogP) is 4.15. The fraction of sp³-hybridized carbons (Fsp3) is 0.462. The van der Waals surface area contributed by atoms with E-state index in [1.54, 1.807) is 12.1 Å². The molecular formula is C13H17ClO2. The van der Waals surface area contributed by atoms with E-state index in [9.17, 15) is 9.90 Å². The minimum atomic E-state index is -0.0515. The first kappa shape index (κ1) is 13.0. The third kappa shape index (κ3) is 2.76. The number of aromatic hydroxyl groups is 1. The fourth-order valence-electron chi connectivity index (χ4n) is 1.63. The number of rotatable bonds is 4. The normalized spacial score (nSPS) is 10.8. The van der Waals surface area contributed by atoms with Crippen LogP contribution in [0.1, 0.15) is 55.5 Å². The molecule has 0 saturated carbocycles. The number of benzene rings is 1. The summed E-state index contributed by atoms with van der Waals surface area (Å²) in [4.78, 5) is 11.8. The van der Waals surface area contributed by atoms with Crippen LogP contribution in [0.15, 0.2) is 12.1 Å². The van der Waals surface area contributed by atoms with Crippen molar-refractivity contribution in [1.82, 2.24) is 0 Å². The van der Waals surface area contributed by atoms with Gasteiger partial charge in [0.15, 0.2) is 5.78 Å². The van der Waals surface area contributed by atoms with Gasteiger partial charge in [0, 0.05) is 11.4 Å². The highest BCUT2D eigenvalue weighted by atomic mass is 35.5. The van der Waals surface area contributed by atoms with Gasteiger partial charge in [0.2, 0.25) is 0 Å². The Morgan fingerprint density at radius 3 is 2.56 bits per heavy atom. The molecule has 0 aromatic heterocycles. The molecule has 0 amide bonds. The second-order valence-corrected chi connectivity index (χ2v) is 4.66. The highest BCUT2D eigenvalue weighted by molar-refractivity contribution is 6.31. The Bertz CT molecular complexity index is 397. The van der Waals surface area contributed by atoms with Crippen LogP contribution in [0.2, 0.25) is 5.02 Å². The Kier molecular flexibility index (Phi) is 4.36. The average Bonchev–Trinajstić information content (AvgIpc) is 2.20. The maximum Gasteiger partial charge on any atom is 0.166 e. The molecule has 88 valence electrons. The van der Waals surface area contributed by atoms with Crippen molar-refractivity contribution in [2.24, 2.45) is 0 Å². The SMILES string of the molecule is CCCC(=O)c1cc(Cl)cc(C(C)C)c1O. The molecule has 1 aromatic carbocycles. The number of carbonyl (C=O) groups is 1. The Balaban J connectivity index is 3.24. The molecule has 3 heteroatoms. The molecule has 0 fully saturated rings. The van der Waals surface area contributed by atoms with E-state index in [-0.39, 0.29) is 17.5 Å². The standard InChI is InChI=1S/C13H17ClO2/c1-4-5-12(15)11-7-9(14)6-10(8(2)3)13(11)16/h6-8,16H,4-5H2,1-3H3. The maximum atomic E-state index is 11.8. The quantitative estimate of drug-likeness (QED) is 0.803. The van der Waals surface area contributed by atoms with E-state index in [1.807, 2.05) is 20.8 Å². The number of phenols is 1. The van der Waals surface area contributed by atoms with E-state index < -0.39 is 0 Å². The number of phenolic OH excluding ortho intramolecular Hbond substituents is 1. The fourth-order valence-corrected chi connectivity index (χ4v) is 1.86. The van der Waals surface area contributed by atoms with Crippen molar-refractivity contribution < 1.29 is 9.90 Å². The van der Waals surface area contributed by atoms with Gasteiger partial charge in [-0.15, -0.1) is 0 Å². The van der Waals surface area contributed by atoms with Crippen LogP contribution in [0.4, 0.5) is 0 Å². The van der Waals surface area contributed by atoms with Gasteiger partial charge in [0.05, 0.1) is 5.56 Å². The van der Waals surface area contributed by atoms with Gasteiger partial charge in [-0.2, -0.15) is 0 Å². The van der Waals surface area contributed by atoms with Crippen molar-refractivity contribution in [3.05, 3.63) is 28.3 Å². The first-order valence-electron chi connectivity index (χ1n) is 5.53. The smallest absolute Gasteiger partial charge is 0.166 e. The first-order chi connectivity index (χ1) is 7.47. The van der Waals surface area contributed by atoms with Crippen molar-refractivity contribution in [2.45, 2.75) is 39.5 Å². The molecule has 0 radical (unpaired) electrons. The van der Waals surface area contributed by atoms with E-state index in [0.717, 1.165) is 12.0 Å². The summed E-state index contributed by atoms with van der Waals surface area (Å²) in [5.41, 5.74) is 1.07. The van der Waals surface area contributed by atoms with Crippen molar-refractivity contribution in [2.75, 3.05) is 0 Å². The molecule has 0 aliphatic carbocycles. The molecule has 0 spiro atoms. The molecule has 0 unspecified atom stereocenters. The van der Waals surface area contributed by atoms with Gasteiger partial charge in [0.1, 0.15) is 5.75 Å². The summed E-state index contributed by atoms with van der Waals surface area (Å²) >= 11 is 5.95. The van der Waals surface area contributed by atoms with Gasteiger partial charge in [-0.25, -0.2) is 0 Å². The lowest BCUT2D eigenvalue weighted by molar-refractivity contribution is 0.0979. The maximum absolute atomic E-state index is 11.8. The number of carbonyl (C=O) groups excluding carboxylic acids is 1. The highest BCUT2D eigenvalue weighted by Crippen LogP contribution is 2.33. The van der Waals surface area contributed by atoms with Gasteiger partial charge in [-0.05, 0) is 30.0 Å². The van der Waals surface area contributed by atoms with E-state index in [2.05, 4.69) is 0 Å². The summed E-state index contributed by atoms with van der Waals surface area (Å²) in [5.74, 6) is 0.175. The highest BCUT2D eigenvalue weighted by Gasteiger charge is 2.16. The molecule has 1 aromatic rings. The summed E-state index contributed by atoms with van der Waals surface area (Å²) in [6, 6.07) is 3.26. The van der Waals surface area contributed by atoms with Crippen molar-refractivity contribution >= 4 is 17.4 Å². The zero-order chi connectivity index (χ0) is 12.3. The number of Topliss-reactive ketones (excluding diaryl/α,β-unsaturated/α-hetero) is 1. The van der Waals surface area contributed by atoms with Crippen molar-refractivity contribution in [3.8, 4) is 5.75 Å². The first-order valence-corrected chi connectivity index (χ1v) is 5.90.